The van der Waals surface area contributed by atoms with Gasteiger partial charge in [-0.25, -0.2) is 0 Å². The third-order valence-electron chi connectivity index (χ3n) is 3.21. The topological polar surface area (TPSA) is 52.9 Å². The molecule has 3 nitrogen and oxygen atoms in total. The Balaban J connectivity index is 2.02. The van der Waals surface area contributed by atoms with E-state index in [0.29, 0.717) is 6.54 Å². The van der Waals surface area contributed by atoms with Gasteiger partial charge in [-0.05, 0) is 51.2 Å². The fourth-order valence-corrected chi connectivity index (χ4v) is 3.20. The lowest BCUT2D eigenvalue weighted by molar-refractivity contribution is 0.0948. The van der Waals surface area contributed by atoms with Gasteiger partial charge in [0.2, 0.25) is 0 Å². The lowest BCUT2D eigenvalue weighted by atomic mass is 9.96. The van der Waals surface area contributed by atoms with Gasteiger partial charge in [0.25, 0.3) is 5.91 Å². The van der Waals surface area contributed by atoms with Gasteiger partial charge < -0.3 is 5.32 Å². The second kappa shape index (κ2) is 5.11. The van der Waals surface area contributed by atoms with Gasteiger partial charge in [-0.3, -0.25) is 4.79 Å². The summed E-state index contributed by atoms with van der Waals surface area (Å²) < 4.78 is 0. The Morgan fingerprint density at radius 1 is 1.50 bits per heavy atom. The molecule has 1 aliphatic rings. The normalized spacial score (nSPS) is 14.7. The third-order valence-corrected chi connectivity index (χ3v) is 4.45. The smallest absolute Gasteiger partial charge is 0.261 e. The van der Waals surface area contributed by atoms with Crippen molar-refractivity contribution in [3.8, 4) is 6.07 Å². The van der Waals surface area contributed by atoms with Gasteiger partial charge >= 0.3 is 0 Å². The van der Waals surface area contributed by atoms with Crippen LogP contribution in [0.15, 0.2) is 6.07 Å². The molecule has 0 saturated heterocycles. The average Bonchev–Trinajstić information content (AvgIpc) is 2.80. The van der Waals surface area contributed by atoms with Crippen LogP contribution >= 0.6 is 11.3 Å². The molecule has 1 aromatic heterocycles. The van der Waals surface area contributed by atoms with Gasteiger partial charge in [-0.1, -0.05) is 0 Å². The van der Waals surface area contributed by atoms with Crippen molar-refractivity contribution in [2.24, 2.45) is 5.41 Å². The first-order chi connectivity index (χ1) is 8.52. The molecule has 1 heterocycles. The van der Waals surface area contributed by atoms with E-state index in [-0.39, 0.29) is 5.91 Å². The van der Waals surface area contributed by atoms with Crippen molar-refractivity contribution in [3.63, 3.8) is 0 Å². The van der Waals surface area contributed by atoms with E-state index >= 15 is 0 Å². The Labute approximate surface area is 112 Å². The zero-order valence-corrected chi connectivity index (χ0v) is 11.7. The van der Waals surface area contributed by atoms with Crippen LogP contribution in [0.1, 0.15) is 46.8 Å². The molecular weight excluding hydrogens is 244 g/mol. The van der Waals surface area contributed by atoms with Crippen molar-refractivity contribution >= 4 is 17.2 Å². The molecule has 2 rings (SSSR count). The summed E-state index contributed by atoms with van der Waals surface area (Å²) in [5.74, 6) is -0.0438. The van der Waals surface area contributed by atoms with Crippen molar-refractivity contribution < 1.29 is 4.79 Å². The second-order valence-corrected chi connectivity index (χ2v) is 6.58. The molecule has 0 spiro atoms. The van der Waals surface area contributed by atoms with Crippen LogP contribution in [0.25, 0.3) is 0 Å². The van der Waals surface area contributed by atoms with Crippen LogP contribution in [-0.4, -0.2) is 12.5 Å². The van der Waals surface area contributed by atoms with Crippen LogP contribution in [-0.2, 0) is 12.8 Å². The van der Waals surface area contributed by atoms with E-state index in [0.717, 1.165) is 17.7 Å². The van der Waals surface area contributed by atoms with Crippen LogP contribution in [0.5, 0.6) is 0 Å². The molecule has 0 aromatic carbocycles. The highest BCUT2D eigenvalue weighted by molar-refractivity contribution is 7.14. The van der Waals surface area contributed by atoms with E-state index in [4.69, 9.17) is 5.26 Å². The minimum Gasteiger partial charge on any atom is -0.350 e. The van der Waals surface area contributed by atoms with E-state index in [1.807, 2.05) is 19.9 Å². The Morgan fingerprint density at radius 2 is 2.22 bits per heavy atom. The van der Waals surface area contributed by atoms with Gasteiger partial charge in [0.1, 0.15) is 0 Å². The summed E-state index contributed by atoms with van der Waals surface area (Å²) in [5.41, 5.74) is 0.836. The summed E-state index contributed by atoms with van der Waals surface area (Å²) in [7, 11) is 0. The molecule has 96 valence electrons. The standard InChI is InChI=1S/C14H18N2OS/c1-14(2,8-15)9-16-13(17)12-7-10-5-3-4-6-11(10)18-12/h7H,3-6,9H2,1-2H3,(H,16,17). The van der Waals surface area contributed by atoms with Gasteiger partial charge in [-0.2, -0.15) is 5.26 Å². The van der Waals surface area contributed by atoms with Crippen molar-refractivity contribution in [2.45, 2.75) is 39.5 Å². The number of hydrogen-bond acceptors (Lipinski definition) is 3. The highest BCUT2D eigenvalue weighted by Gasteiger charge is 2.20. The molecule has 0 bridgehead atoms. The van der Waals surface area contributed by atoms with E-state index in [1.54, 1.807) is 11.3 Å². The molecule has 0 unspecified atom stereocenters. The summed E-state index contributed by atoms with van der Waals surface area (Å²) in [6.07, 6.45) is 4.67. The first kappa shape index (κ1) is 13.1. The van der Waals surface area contributed by atoms with Crippen molar-refractivity contribution in [3.05, 3.63) is 21.4 Å². The molecule has 4 heteroatoms. The summed E-state index contributed by atoms with van der Waals surface area (Å²) in [4.78, 5) is 14.2. The highest BCUT2D eigenvalue weighted by Crippen LogP contribution is 2.29. The number of nitrogens with zero attached hydrogens (tertiary/aromatic N) is 1. The van der Waals surface area contributed by atoms with Crippen molar-refractivity contribution in [1.29, 1.82) is 5.26 Å². The Bertz CT molecular complexity index is 473. The van der Waals surface area contributed by atoms with E-state index in [2.05, 4.69) is 11.4 Å². The third kappa shape index (κ3) is 2.91. The van der Waals surface area contributed by atoms with Gasteiger partial charge in [0.05, 0.1) is 16.4 Å². The number of rotatable bonds is 3. The molecule has 0 saturated carbocycles. The molecule has 1 aromatic rings. The number of hydrogen-bond donors (Lipinski definition) is 1. The number of nitrogens with one attached hydrogen (secondary N) is 1. The summed E-state index contributed by atoms with van der Waals surface area (Å²) in [6.45, 7) is 4.05. The minimum absolute atomic E-state index is 0.0438. The molecule has 1 amide bonds. The maximum Gasteiger partial charge on any atom is 0.261 e. The lowest BCUT2D eigenvalue weighted by Gasteiger charge is -2.15. The fourth-order valence-electron chi connectivity index (χ4n) is 2.03. The predicted octanol–water partition coefficient (Wildman–Crippen LogP) is 2.91. The average molecular weight is 262 g/mol. The molecular formula is C14H18N2OS. The molecule has 0 atom stereocenters. The van der Waals surface area contributed by atoms with E-state index < -0.39 is 5.41 Å². The monoisotopic (exact) mass is 262 g/mol. The van der Waals surface area contributed by atoms with Crippen LogP contribution in [0.4, 0.5) is 0 Å². The largest absolute Gasteiger partial charge is 0.350 e. The number of carbonyl (C=O) groups is 1. The first-order valence-corrected chi connectivity index (χ1v) is 7.14. The number of thiophene rings is 1. The van der Waals surface area contributed by atoms with Gasteiger partial charge in [-0.15, -0.1) is 11.3 Å². The molecule has 0 aliphatic heterocycles. The zero-order valence-electron chi connectivity index (χ0n) is 10.9. The van der Waals surface area contributed by atoms with Crippen LogP contribution in [0.3, 0.4) is 0 Å². The number of fused-ring (bicyclic) bond motifs is 1. The molecule has 0 fully saturated rings. The number of aryl methyl sites for hydroxylation is 2. The number of nitriles is 1. The number of amides is 1. The van der Waals surface area contributed by atoms with Crippen LogP contribution < -0.4 is 5.32 Å². The molecule has 18 heavy (non-hydrogen) atoms. The SMILES string of the molecule is CC(C)(C#N)CNC(=O)c1cc2c(s1)CCCC2. The zero-order chi connectivity index (χ0) is 13.2. The van der Waals surface area contributed by atoms with E-state index in [9.17, 15) is 4.79 Å². The minimum atomic E-state index is -0.507. The quantitative estimate of drug-likeness (QED) is 0.910. The van der Waals surface area contributed by atoms with Crippen LogP contribution in [0.2, 0.25) is 0 Å². The maximum absolute atomic E-state index is 12.0. The summed E-state index contributed by atoms with van der Waals surface area (Å²) in [5, 5.41) is 11.8. The molecule has 1 N–H and O–H groups in total. The van der Waals surface area contributed by atoms with Gasteiger partial charge in [0, 0.05) is 11.4 Å². The van der Waals surface area contributed by atoms with Crippen LogP contribution in [0, 0.1) is 16.7 Å². The van der Waals surface area contributed by atoms with Crippen molar-refractivity contribution in [2.75, 3.05) is 6.54 Å². The second-order valence-electron chi connectivity index (χ2n) is 5.44. The fraction of sp³-hybridized carbons (Fsp3) is 0.571. The van der Waals surface area contributed by atoms with Crippen molar-refractivity contribution in [1.82, 2.24) is 5.32 Å². The highest BCUT2D eigenvalue weighted by atomic mass is 32.1. The predicted molar refractivity (Wildman–Crippen MR) is 72.7 cm³/mol. The summed E-state index contributed by atoms with van der Waals surface area (Å²) in [6, 6.07) is 4.21. The van der Waals surface area contributed by atoms with Gasteiger partial charge in [0.15, 0.2) is 0 Å². The molecule has 1 aliphatic carbocycles. The first-order valence-electron chi connectivity index (χ1n) is 6.33. The Morgan fingerprint density at radius 3 is 2.89 bits per heavy atom. The summed E-state index contributed by atoms with van der Waals surface area (Å²) >= 11 is 1.61. The lowest BCUT2D eigenvalue weighted by Crippen LogP contribution is -2.32. The Hall–Kier alpha value is -1.34. The van der Waals surface area contributed by atoms with E-state index in [1.165, 1.54) is 23.3 Å². The maximum atomic E-state index is 12.0. The Kier molecular flexibility index (Phi) is 3.72. The number of carbonyl (C=O) groups excluding carboxylic acids is 1. The molecule has 0 radical (unpaired) electrons.